The van der Waals surface area contributed by atoms with Crippen LogP contribution in [0.2, 0.25) is 0 Å². The molecule has 0 bridgehead atoms. The van der Waals surface area contributed by atoms with Crippen molar-refractivity contribution in [2.45, 2.75) is 44.2 Å². The highest BCUT2D eigenvalue weighted by Crippen LogP contribution is 2.31. The summed E-state index contributed by atoms with van der Waals surface area (Å²) in [6, 6.07) is -0.0649. The van der Waals surface area contributed by atoms with Gasteiger partial charge in [0.1, 0.15) is 0 Å². The van der Waals surface area contributed by atoms with Gasteiger partial charge in [-0.15, -0.1) is 0 Å². The third-order valence-electron chi connectivity index (χ3n) is 2.65. The molecule has 0 aromatic heterocycles. The van der Waals surface area contributed by atoms with Gasteiger partial charge in [0.25, 0.3) is 0 Å². The first kappa shape index (κ1) is 10.5. The standard InChI is InChI=1S/C9H17NO3/c1-7(5-8(12)13)10-9(6-11)3-2-4-9/h7,10-11H,2-6H2,1H3,(H,12,13). The second-order valence-electron chi connectivity index (χ2n) is 3.94. The maximum Gasteiger partial charge on any atom is 0.304 e. The van der Waals surface area contributed by atoms with E-state index in [2.05, 4.69) is 5.32 Å². The molecule has 0 heterocycles. The Morgan fingerprint density at radius 1 is 1.62 bits per heavy atom. The topological polar surface area (TPSA) is 69.6 Å². The Morgan fingerprint density at radius 2 is 2.23 bits per heavy atom. The van der Waals surface area contributed by atoms with Gasteiger partial charge in [0, 0.05) is 11.6 Å². The molecular weight excluding hydrogens is 170 g/mol. The van der Waals surface area contributed by atoms with Crippen LogP contribution in [0.25, 0.3) is 0 Å². The van der Waals surface area contributed by atoms with E-state index >= 15 is 0 Å². The normalized spacial score (nSPS) is 22.0. The van der Waals surface area contributed by atoms with E-state index in [1.165, 1.54) is 0 Å². The fraction of sp³-hybridized carbons (Fsp3) is 0.889. The molecule has 0 aromatic rings. The van der Waals surface area contributed by atoms with Crippen molar-refractivity contribution in [3.63, 3.8) is 0 Å². The van der Waals surface area contributed by atoms with Gasteiger partial charge in [-0.2, -0.15) is 0 Å². The quantitative estimate of drug-likeness (QED) is 0.581. The highest BCUT2D eigenvalue weighted by atomic mass is 16.4. The molecule has 0 radical (unpaired) electrons. The van der Waals surface area contributed by atoms with Gasteiger partial charge < -0.3 is 15.5 Å². The second kappa shape index (κ2) is 4.07. The first-order valence-electron chi connectivity index (χ1n) is 4.68. The molecule has 1 fully saturated rings. The minimum atomic E-state index is -0.799. The Morgan fingerprint density at radius 3 is 2.54 bits per heavy atom. The van der Waals surface area contributed by atoms with Crippen LogP contribution < -0.4 is 5.32 Å². The molecule has 0 aromatic carbocycles. The lowest BCUT2D eigenvalue weighted by Crippen LogP contribution is -2.57. The van der Waals surface area contributed by atoms with Crippen molar-refractivity contribution in [2.24, 2.45) is 0 Å². The lowest BCUT2D eigenvalue weighted by molar-refractivity contribution is -0.137. The van der Waals surface area contributed by atoms with E-state index in [4.69, 9.17) is 10.2 Å². The van der Waals surface area contributed by atoms with E-state index in [1.54, 1.807) is 0 Å². The Balaban J connectivity index is 2.33. The molecule has 1 aliphatic rings. The summed E-state index contributed by atoms with van der Waals surface area (Å²) in [7, 11) is 0. The van der Waals surface area contributed by atoms with Crippen molar-refractivity contribution in [2.75, 3.05) is 6.61 Å². The largest absolute Gasteiger partial charge is 0.481 e. The number of hydrogen-bond donors (Lipinski definition) is 3. The molecular formula is C9H17NO3. The van der Waals surface area contributed by atoms with Crippen molar-refractivity contribution < 1.29 is 15.0 Å². The smallest absolute Gasteiger partial charge is 0.304 e. The number of aliphatic carboxylic acids is 1. The van der Waals surface area contributed by atoms with Crippen molar-refractivity contribution in [3.8, 4) is 0 Å². The fourth-order valence-electron chi connectivity index (χ4n) is 1.79. The molecule has 3 N–H and O–H groups in total. The molecule has 76 valence electrons. The molecule has 1 atom stereocenters. The first-order chi connectivity index (χ1) is 6.08. The third kappa shape index (κ3) is 2.67. The SMILES string of the molecule is CC(CC(=O)O)NC1(CO)CCC1. The zero-order chi connectivity index (χ0) is 9.90. The van der Waals surface area contributed by atoms with Gasteiger partial charge >= 0.3 is 5.97 Å². The average molecular weight is 187 g/mol. The molecule has 1 saturated carbocycles. The lowest BCUT2D eigenvalue weighted by Gasteiger charge is -2.43. The lowest BCUT2D eigenvalue weighted by atomic mass is 9.77. The Labute approximate surface area is 78.0 Å². The van der Waals surface area contributed by atoms with E-state index in [-0.39, 0.29) is 24.6 Å². The maximum atomic E-state index is 10.4. The van der Waals surface area contributed by atoms with Gasteiger partial charge in [0.2, 0.25) is 0 Å². The number of nitrogens with one attached hydrogen (secondary N) is 1. The summed E-state index contributed by atoms with van der Waals surface area (Å²) in [5.41, 5.74) is -0.186. The second-order valence-corrected chi connectivity index (χ2v) is 3.94. The van der Waals surface area contributed by atoms with Crippen LogP contribution >= 0.6 is 0 Å². The van der Waals surface area contributed by atoms with Crippen LogP contribution in [0.3, 0.4) is 0 Å². The van der Waals surface area contributed by atoms with Gasteiger partial charge in [-0.25, -0.2) is 0 Å². The van der Waals surface area contributed by atoms with Crippen molar-refractivity contribution >= 4 is 5.97 Å². The molecule has 0 spiro atoms. The summed E-state index contributed by atoms with van der Waals surface area (Å²) in [4.78, 5) is 10.4. The summed E-state index contributed by atoms with van der Waals surface area (Å²) < 4.78 is 0. The van der Waals surface area contributed by atoms with Gasteiger partial charge in [0.05, 0.1) is 13.0 Å². The number of hydrogen-bond acceptors (Lipinski definition) is 3. The Hall–Kier alpha value is -0.610. The van der Waals surface area contributed by atoms with Crippen LogP contribution in [-0.2, 0) is 4.79 Å². The predicted molar refractivity (Wildman–Crippen MR) is 48.5 cm³/mol. The van der Waals surface area contributed by atoms with Gasteiger partial charge in [0.15, 0.2) is 0 Å². The van der Waals surface area contributed by atoms with Crippen LogP contribution in [0, 0.1) is 0 Å². The van der Waals surface area contributed by atoms with E-state index in [0.717, 1.165) is 19.3 Å². The van der Waals surface area contributed by atoms with Crippen LogP contribution in [-0.4, -0.2) is 34.4 Å². The predicted octanol–water partition coefficient (Wildman–Crippen LogP) is 0.354. The summed E-state index contributed by atoms with van der Waals surface area (Å²) in [5.74, 6) is -0.799. The molecule has 4 nitrogen and oxygen atoms in total. The van der Waals surface area contributed by atoms with E-state index in [1.807, 2.05) is 6.92 Å². The fourth-order valence-corrected chi connectivity index (χ4v) is 1.79. The number of carboxylic acid groups (broad SMARTS) is 1. The molecule has 1 aliphatic carbocycles. The van der Waals surface area contributed by atoms with Gasteiger partial charge in [-0.3, -0.25) is 4.79 Å². The molecule has 0 saturated heterocycles. The van der Waals surface area contributed by atoms with Crippen LogP contribution in [0.4, 0.5) is 0 Å². The molecule has 4 heteroatoms. The van der Waals surface area contributed by atoms with Gasteiger partial charge in [-0.05, 0) is 26.2 Å². The van der Waals surface area contributed by atoms with Crippen LogP contribution in [0.5, 0.6) is 0 Å². The number of carbonyl (C=O) groups is 1. The Bertz CT molecular complexity index is 184. The van der Waals surface area contributed by atoms with Crippen molar-refractivity contribution in [1.29, 1.82) is 0 Å². The summed E-state index contributed by atoms with van der Waals surface area (Å²) in [6.07, 6.45) is 3.13. The summed E-state index contributed by atoms with van der Waals surface area (Å²) >= 11 is 0. The summed E-state index contributed by atoms with van der Waals surface area (Å²) in [5, 5.41) is 20.8. The first-order valence-corrected chi connectivity index (χ1v) is 4.68. The number of carboxylic acids is 1. The maximum absolute atomic E-state index is 10.4. The number of aliphatic hydroxyl groups excluding tert-OH is 1. The summed E-state index contributed by atoms with van der Waals surface area (Å²) in [6.45, 7) is 1.95. The monoisotopic (exact) mass is 187 g/mol. The van der Waals surface area contributed by atoms with Crippen LogP contribution in [0.15, 0.2) is 0 Å². The molecule has 1 unspecified atom stereocenters. The molecule has 0 amide bonds. The molecule has 1 rings (SSSR count). The minimum absolute atomic E-state index is 0.0649. The average Bonchev–Trinajstić information content (AvgIpc) is 1.95. The number of aliphatic hydroxyl groups is 1. The zero-order valence-electron chi connectivity index (χ0n) is 7.92. The zero-order valence-corrected chi connectivity index (χ0v) is 7.92. The van der Waals surface area contributed by atoms with E-state index in [9.17, 15) is 4.79 Å². The van der Waals surface area contributed by atoms with E-state index in [0.29, 0.717) is 0 Å². The van der Waals surface area contributed by atoms with Crippen LogP contribution in [0.1, 0.15) is 32.6 Å². The number of rotatable bonds is 5. The molecule has 0 aliphatic heterocycles. The van der Waals surface area contributed by atoms with Gasteiger partial charge in [-0.1, -0.05) is 0 Å². The Kier molecular flexibility index (Phi) is 3.27. The van der Waals surface area contributed by atoms with Crippen molar-refractivity contribution in [3.05, 3.63) is 0 Å². The minimum Gasteiger partial charge on any atom is -0.481 e. The van der Waals surface area contributed by atoms with Crippen molar-refractivity contribution in [1.82, 2.24) is 5.32 Å². The highest BCUT2D eigenvalue weighted by Gasteiger charge is 2.37. The van der Waals surface area contributed by atoms with E-state index < -0.39 is 5.97 Å². The third-order valence-corrected chi connectivity index (χ3v) is 2.65. The molecule has 13 heavy (non-hydrogen) atoms. The highest BCUT2D eigenvalue weighted by molar-refractivity contribution is 5.67.